The molecule has 8 heteroatoms. The van der Waals surface area contributed by atoms with Crippen molar-refractivity contribution in [3.05, 3.63) is 0 Å². The molecular formula is C19H38N4O2S2. The highest BCUT2D eigenvalue weighted by molar-refractivity contribution is 7.99. The van der Waals surface area contributed by atoms with Crippen LogP contribution in [0.5, 0.6) is 0 Å². The average molecular weight is 419 g/mol. The quantitative estimate of drug-likeness (QED) is 0.465. The number of rotatable bonds is 8. The maximum absolute atomic E-state index is 11.4. The molecule has 1 aliphatic carbocycles. The fourth-order valence-corrected chi connectivity index (χ4v) is 5.75. The largest absolute Gasteiger partial charge is 0.357 e. The van der Waals surface area contributed by atoms with Crippen LogP contribution in [0.25, 0.3) is 0 Å². The molecule has 2 rings (SSSR count). The molecule has 27 heavy (non-hydrogen) atoms. The number of hydrogen-bond acceptors (Lipinski definition) is 5. The van der Waals surface area contributed by atoms with Crippen LogP contribution in [0, 0.1) is 0 Å². The molecule has 0 aromatic rings. The van der Waals surface area contributed by atoms with Crippen LogP contribution in [0.3, 0.4) is 0 Å². The van der Waals surface area contributed by atoms with Gasteiger partial charge in [-0.2, -0.15) is 11.8 Å². The predicted octanol–water partition coefficient (Wildman–Crippen LogP) is 2.12. The van der Waals surface area contributed by atoms with E-state index in [0.717, 1.165) is 19.0 Å². The lowest BCUT2D eigenvalue weighted by Crippen LogP contribution is -2.56. The predicted molar refractivity (Wildman–Crippen MR) is 118 cm³/mol. The van der Waals surface area contributed by atoms with Crippen molar-refractivity contribution in [3.63, 3.8) is 0 Å². The standard InChI is InChI=1S/C19H38N4O2S2/c1-4-20-18(22-17(2)8-15-27(3,24)25)21-16-19(9-6-5-7-10-19)23-11-13-26-14-12-23/h17H,4-16H2,1-3H3,(H2,20,21,22). The Kier molecular flexibility index (Phi) is 9.22. The second-order valence-corrected chi connectivity index (χ2v) is 11.5. The summed E-state index contributed by atoms with van der Waals surface area (Å²) in [4.78, 5) is 7.66. The van der Waals surface area contributed by atoms with E-state index < -0.39 is 9.84 Å². The van der Waals surface area contributed by atoms with Gasteiger partial charge in [0.2, 0.25) is 0 Å². The summed E-state index contributed by atoms with van der Waals surface area (Å²) in [5.41, 5.74) is 0.206. The SMILES string of the molecule is CCNC(=NCC1(N2CCSCC2)CCCCC1)NC(C)CCS(C)(=O)=O. The highest BCUT2D eigenvalue weighted by atomic mass is 32.2. The molecule has 158 valence electrons. The third-order valence-electron chi connectivity index (χ3n) is 5.65. The van der Waals surface area contributed by atoms with Gasteiger partial charge in [-0.05, 0) is 33.1 Å². The molecule has 0 amide bonds. The number of thioether (sulfide) groups is 1. The number of guanidine groups is 1. The molecular weight excluding hydrogens is 380 g/mol. The minimum absolute atomic E-state index is 0.0752. The number of sulfone groups is 1. The van der Waals surface area contributed by atoms with Gasteiger partial charge in [0.1, 0.15) is 9.84 Å². The molecule has 1 atom stereocenters. The monoisotopic (exact) mass is 418 g/mol. The molecule has 2 N–H and O–H groups in total. The lowest BCUT2D eigenvalue weighted by Gasteiger charge is -2.47. The molecule has 0 spiro atoms. The fraction of sp³-hybridized carbons (Fsp3) is 0.947. The van der Waals surface area contributed by atoms with Crippen LogP contribution < -0.4 is 10.6 Å². The van der Waals surface area contributed by atoms with E-state index in [1.807, 2.05) is 6.92 Å². The van der Waals surface area contributed by atoms with Crippen LogP contribution in [0.4, 0.5) is 0 Å². The molecule has 6 nitrogen and oxygen atoms in total. The molecule has 1 heterocycles. The molecule has 1 saturated heterocycles. The van der Waals surface area contributed by atoms with E-state index in [1.165, 1.54) is 63.0 Å². The van der Waals surface area contributed by atoms with Crippen molar-refractivity contribution in [2.24, 2.45) is 4.99 Å². The van der Waals surface area contributed by atoms with Gasteiger partial charge in [-0.3, -0.25) is 9.89 Å². The van der Waals surface area contributed by atoms with E-state index in [9.17, 15) is 8.42 Å². The van der Waals surface area contributed by atoms with Crippen molar-refractivity contribution in [1.29, 1.82) is 0 Å². The molecule has 1 unspecified atom stereocenters. The first kappa shape index (κ1) is 22.8. The van der Waals surface area contributed by atoms with E-state index >= 15 is 0 Å². The molecule has 1 saturated carbocycles. The van der Waals surface area contributed by atoms with Gasteiger partial charge in [0.05, 0.1) is 12.3 Å². The van der Waals surface area contributed by atoms with Crippen LogP contribution in [-0.4, -0.2) is 80.6 Å². The van der Waals surface area contributed by atoms with Gasteiger partial charge in [-0.25, -0.2) is 8.42 Å². The van der Waals surface area contributed by atoms with E-state index in [-0.39, 0.29) is 17.3 Å². The zero-order valence-corrected chi connectivity index (χ0v) is 18.9. The maximum Gasteiger partial charge on any atom is 0.191 e. The normalized spacial score (nSPS) is 23.0. The molecule has 0 aromatic heterocycles. The summed E-state index contributed by atoms with van der Waals surface area (Å²) < 4.78 is 22.8. The van der Waals surface area contributed by atoms with Crippen molar-refractivity contribution in [2.45, 2.75) is 64.0 Å². The van der Waals surface area contributed by atoms with Crippen molar-refractivity contribution in [3.8, 4) is 0 Å². The molecule has 2 fully saturated rings. The van der Waals surface area contributed by atoms with Gasteiger partial charge in [0.25, 0.3) is 0 Å². The minimum atomic E-state index is -2.93. The Morgan fingerprint density at radius 2 is 1.89 bits per heavy atom. The second kappa shape index (κ2) is 10.9. The summed E-state index contributed by atoms with van der Waals surface area (Å²) >= 11 is 2.06. The van der Waals surface area contributed by atoms with E-state index in [0.29, 0.717) is 6.42 Å². The van der Waals surface area contributed by atoms with Crippen LogP contribution in [0.15, 0.2) is 4.99 Å². The third kappa shape index (κ3) is 7.81. The first-order valence-corrected chi connectivity index (χ1v) is 13.6. The van der Waals surface area contributed by atoms with E-state index in [2.05, 4.69) is 34.2 Å². The van der Waals surface area contributed by atoms with Crippen molar-refractivity contribution in [1.82, 2.24) is 15.5 Å². The van der Waals surface area contributed by atoms with Crippen molar-refractivity contribution >= 4 is 27.6 Å². The Morgan fingerprint density at radius 1 is 1.22 bits per heavy atom. The number of hydrogen-bond donors (Lipinski definition) is 2. The first-order valence-electron chi connectivity index (χ1n) is 10.4. The molecule has 2 aliphatic rings. The first-order chi connectivity index (χ1) is 12.8. The van der Waals surface area contributed by atoms with Gasteiger partial charge in [0.15, 0.2) is 5.96 Å². The fourth-order valence-electron chi connectivity index (χ4n) is 4.06. The summed E-state index contributed by atoms with van der Waals surface area (Å²) in [6.07, 6.45) is 8.31. The number of nitrogens with zero attached hydrogens (tertiary/aromatic N) is 2. The Hall–Kier alpha value is -0.470. The lowest BCUT2D eigenvalue weighted by atomic mass is 9.80. The Balaban J connectivity index is 2.02. The zero-order valence-electron chi connectivity index (χ0n) is 17.3. The number of aliphatic imine (C=N–C) groups is 1. The highest BCUT2D eigenvalue weighted by Gasteiger charge is 2.38. The van der Waals surface area contributed by atoms with Gasteiger partial charge in [0, 0.05) is 49.0 Å². The third-order valence-corrected chi connectivity index (χ3v) is 7.57. The highest BCUT2D eigenvalue weighted by Crippen LogP contribution is 2.35. The topological polar surface area (TPSA) is 73.8 Å². The van der Waals surface area contributed by atoms with Gasteiger partial charge < -0.3 is 10.6 Å². The van der Waals surface area contributed by atoms with Crippen LogP contribution in [0.2, 0.25) is 0 Å². The van der Waals surface area contributed by atoms with Crippen molar-refractivity contribution < 1.29 is 8.42 Å². The minimum Gasteiger partial charge on any atom is -0.357 e. The van der Waals surface area contributed by atoms with Gasteiger partial charge in [-0.1, -0.05) is 19.3 Å². The van der Waals surface area contributed by atoms with Crippen molar-refractivity contribution in [2.75, 3.05) is 49.7 Å². The Bertz CT molecular complexity index is 568. The second-order valence-electron chi connectivity index (χ2n) is 8.04. The van der Waals surface area contributed by atoms with E-state index in [4.69, 9.17) is 4.99 Å². The van der Waals surface area contributed by atoms with Gasteiger partial charge >= 0.3 is 0 Å². The summed E-state index contributed by atoms with van der Waals surface area (Å²) in [6, 6.07) is 0.0752. The van der Waals surface area contributed by atoms with E-state index in [1.54, 1.807) is 0 Å². The summed E-state index contributed by atoms with van der Waals surface area (Å²) in [5.74, 6) is 3.48. The smallest absolute Gasteiger partial charge is 0.191 e. The zero-order chi connectivity index (χ0) is 19.8. The molecule has 0 aromatic carbocycles. The lowest BCUT2D eigenvalue weighted by molar-refractivity contribution is 0.0671. The Morgan fingerprint density at radius 3 is 2.48 bits per heavy atom. The molecule has 1 aliphatic heterocycles. The molecule has 0 radical (unpaired) electrons. The number of nitrogens with one attached hydrogen (secondary N) is 2. The van der Waals surface area contributed by atoms with Gasteiger partial charge in [-0.15, -0.1) is 0 Å². The maximum atomic E-state index is 11.4. The average Bonchev–Trinajstić information content (AvgIpc) is 2.66. The summed E-state index contributed by atoms with van der Waals surface area (Å²) in [5, 5.41) is 6.74. The summed E-state index contributed by atoms with van der Waals surface area (Å²) in [7, 11) is -2.93. The van der Waals surface area contributed by atoms with Crippen LogP contribution >= 0.6 is 11.8 Å². The Labute approximate surface area is 170 Å². The van der Waals surface area contributed by atoms with Crippen LogP contribution in [0.1, 0.15) is 52.4 Å². The van der Waals surface area contributed by atoms with Crippen LogP contribution in [-0.2, 0) is 9.84 Å². The molecule has 0 bridgehead atoms. The summed E-state index contributed by atoms with van der Waals surface area (Å²) in [6.45, 7) is 8.07.